The highest BCUT2D eigenvalue weighted by molar-refractivity contribution is 9.10. The Balaban J connectivity index is 2.58. The van der Waals surface area contributed by atoms with Crippen LogP contribution in [0.4, 0.5) is 0 Å². The van der Waals surface area contributed by atoms with Gasteiger partial charge in [-0.1, -0.05) is 0 Å². The number of ether oxygens (including phenoxy) is 1. The Hall–Kier alpha value is -1.08. The van der Waals surface area contributed by atoms with Crippen molar-refractivity contribution in [1.29, 1.82) is 0 Å². The summed E-state index contributed by atoms with van der Waals surface area (Å²) >= 11 is 3.29. The lowest BCUT2D eigenvalue weighted by Gasteiger charge is -2.08. The van der Waals surface area contributed by atoms with E-state index in [0.717, 1.165) is 0 Å². The van der Waals surface area contributed by atoms with E-state index in [9.17, 15) is 13.2 Å². The fraction of sp³-hybridized carbons (Fsp3) is 0.417. The van der Waals surface area contributed by atoms with Crippen LogP contribution in [0, 0.1) is 0 Å². The van der Waals surface area contributed by atoms with E-state index in [1.54, 1.807) is 18.2 Å². The van der Waals surface area contributed by atoms with Crippen molar-refractivity contribution in [2.45, 2.75) is 6.42 Å². The number of sulfone groups is 1. The minimum atomic E-state index is -2.99. The Labute approximate surface area is 121 Å². The molecule has 0 aromatic heterocycles. The van der Waals surface area contributed by atoms with Crippen molar-refractivity contribution >= 4 is 31.7 Å². The zero-order valence-electron chi connectivity index (χ0n) is 10.8. The lowest BCUT2D eigenvalue weighted by Crippen LogP contribution is -2.26. The van der Waals surface area contributed by atoms with E-state index < -0.39 is 9.84 Å². The van der Waals surface area contributed by atoms with Gasteiger partial charge in [0.2, 0.25) is 0 Å². The van der Waals surface area contributed by atoms with E-state index in [1.807, 2.05) is 0 Å². The van der Waals surface area contributed by atoms with Gasteiger partial charge in [-0.2, -0.15) is 0 Å². The molecule has 5 nitrogen and oxygen atoms in total. The van der Waals surface area contributed by atoms with Gasteiger partial charge >= 0.3 is 0 Å². The number of nitrogens with one attached hydrogen (secondary N) is 1. The summed E-state index contributed by atoms with van der Waals surface area (Å²) in [5.74, 6) is 0.385. The third-order valence-electron chi connectivity index (χ3n) is 2.40. The van der Waals surface area contributed by atoms with Crippen molar-refractivity contribution < 1.29 is 17.9 Å². The maximum absolute atomic E-state index is 11.9. The first-order valence-electron chi connectivity index (χ1n) is 5.63. The van der Waals surface area contributed by atoms with Crippen LogP contribution in [0.25, 0.3) is 0 Å². The molecule has 0 radical (unpaired) electrons. The van der Waals surface area contributed by atoms with Gasteiger partial charge in [-0.3, -0.25) is 4.79 Å². The smallest absolute Gasteiger partial charge is 0.252 e. The number of carbonyl (C=O) groups is 1. The second-order valence-electron chi connectivity index (χ2n) is 4.09. The number of methoxy groups -OCH3 is 1. The van der Waals surface area contributed by atoms with Crippen LogP contribution in [0.3, 0.4) is 0 Å². The predicted octanol–water partition coefficient (Wildman–Crippen LogP) is 1.62. The van der Waals surface area contributed by atoms with E-state index in [-0.39, 0.29) is 11.7 Å². The summed E-state index contributed by atoms with van der Waals surface area (Å²) in [5, 5.41) is 2.67. The summed E-state index contributed by atoms with van der Waals surface area (Å²) in [5.41, 5.74) is 0.457. The number of benzene rings is 1. The summed E-state index contributed by atoms with van der Waals surface area (Å²) in [4.78, 5) is 11.9. The number of halogens is 1. The average Bonchev–Trinajstić information content (AvgIpc) is 2.34. The normalized spacial score (nSPS) is 11.1. The van der Waals surface area contributed by atoms with Gasteiger partial charge in [0.15, 0.2) is 0 Å². The monoisotopic (exact) mass is 349 g/mol. The van der Waals surface area contributed by atoms with Crippen molar-refractivity contribution in [3.8, 4) is 5.75 Å². The van der Waals surface area contributed by atoms with Crippen molar-refractivity contribution in [2.75, 3.05) is 25.7 Å². The quantitative estimate of drug-likeness (QED) is 0.792. The van der Waals surface area contributed by atoms with E-state index in [1.165, 1.54) is 13.4 Å². The van der Waals surface area contributed by atoms with E-state index in [2.05, 4.69) is 21.2 Å². The first kappa shape index (κ1) is 16.0. The molecule has 0 fully saturated rings. The van der Waals surface area contributed by atoms with E-state index >= 15 is 0 Å². The molecular formula is C12H16BrNO4S. The van der Waals surface area contributed by atoms with E-state index in [0.29, 0.717) is 28.8 Å². The molecule has 0 heterocycles. The van der Waals surface area contributed by atoms with Crippen LogP contribution in [0.15, 0.2) is 22.7 Å². The topological polar surface area (TPSA) is 72.5 Å². The molecule has 0 spiro atoms. The number of hydrogen-bond acceptors (Lipinski definition) is 4. The van der Waals surface area contributed by atoms with Gasteiger partial charge in [0.25, 0.3) is 5.91 Å². The molecule has 0 aliphatic rings. The Morgan fingerprint density at radius 2 is 2.11 bits per heavy atom. The minimum absolute atomic E-state index is 0.0621. The van der Waals surface area contributed by atoms with Gasteiger partial charge in [-0.25, -0.2) is 8.42 Å². The molecule has 1 N–H and O–H groups in total. The van der Waals surface area contributed by atoms with Crippen LogP contribution >= 0.6 is 15.9 Å². The van der Waals surface area contributed by atoms with Crippen LogP contribution in [0.5, 0.6) is 5.75 Å². The molecule has 0 saturated heterocycles. The van der Waals surface area contributed by atoms with Gasteiger partial charge in [0.05, 0.1) is 18.4 Å². The van der Waals surface area contributed by atoms with Crippen molar-refractivity contribution in [3.05, 3.63) is 28.2 Å². The third-order valence-corrected chi connectivity index (χ3v) is 4.12. The van der Waals surface area contributed by atoms with Gasteiger partial charge in [0, 0.05) is 17.3 Å². The first-order valence-corrected chi connectivity index (χ1v) is 8.48. The molecule has 7 heteroatoms. The lowest BCUT2D eigenvalue weighted by atomic mass is 10.2. The molecule has 0 unspecified atom stereocenters. The standard InChI is InChI=1S/C12H16BrNO4S/c1-18-9-4-5-11(13)10(8-9)12(15)14-6-3-7-19(2,16)17/h4-5,8H,3,6-7H2,1-2H3,(H,14,15). The largest absolute Gasteiger partial charge is 0.497 e. The first-order chi connectivity index (χ1) is 8.83. The molecule has 0 atom stereocenters. The maximum atomic E-state index is 11.9. The van der Waals surface area contributed by atoms with Crippen molar-refractivity contribution in [3.63, 3.8) is 0 Å². The molecular weight excluding hydrogens is 334 g/mol. The molecule has 0 aliphatic carbocycles. The minimum Gasteiger partial charge on any atom is -0.497 e. The van der Waals surface area contributed by atoms with E-state index in [4.69, 9.17) is 4.74 Å². The highest BCUT2D eigenvalue weighted by Gasteiger charge is 2.11. The van der Waals surface area contributed by atoms with Crippen LogP contribution < -0.4 is 10.1 Å². The molecule has 106 valence electrons. The highest BCUT2D eigenvalue weighted by Crippen LogP contribution is 2.22. The fourth-order valence-electron chi connectivity index (χ4n) is 1.44. The van der Waals surface area contributed by atoms with Crippen LogP contribution in [-0.2, 0) is 9.84 Å². The van der Waals surface area contributed by atoms with Crippen LogP contribution in [-0.4, -0.2) is 40.0 Å². The number of amides is 1. The molecule has 0 saturated carbocycles. The predicted molar refractivity (Wildman–Crippen MR) is 77.4 cm³/mol. The fourth-order valence-corrected chi connectivity index (χ4v) is 2.53. The van der Waals surface area contributed by atoms with Crippen molar-refractivity contribution in [2.24, 2.45) is 0 Å². The molecule has 1 rings (SSSR count). The number of hydrogen-bond donors (Lipinski definition) is 1. The SMILES string of the molecule is COc1ccc(Br)c(C(=O)NCCCS(C)(=O)=O)c1. The molecule has 0 aliphatic heterocycles. The zero-order valence-corrected chi connectivity index (χ0v) is 13.2. The Morgan fingerprint density at radius 1 is 1.42 bits per heavy atom. The summed E-state index contributed by atoms with van der Waals surface area (Å²) in [6, 6.07) is 5.09. The average molecular weight is 350 g/mol. The summed E-state index contributed by atoms with van der Waals surface area (Å²) in [6.07, 6.45) is 1.57. The Morgan fingerprint density at radius 3 is 2.68 bits per heavy atom. The van der Waals surface area contributed by atoms with Crippen LogP contribution in [0.2, 0.25) is 0 Å². The van der Waals surface area contributed by atoms with Gasteiger partial charge in [-0.05, 0) is 40.5 Å². The summed E-state index contributed by atoms with van der Waals surface area (Å²) < 4.78 is 27.6. The summed E-state index contributed by atoms with van der Waals surface area (Å²) in [6.45, 7) is 0.315. The molecule has 19 heavy (non-hydrogen) atoms. The van der Waals surface area contributed by atoms with Gasteiger partial charge in [-0.15, -0.1) is 0 Å². The number of rotatable bonds is 6. The third kappa shape index (κ3) is 5.61. The second kappa shape index (κ2) is 6.91. The molecule has 0 bridgehead atoms. The van der Waals surface area contributed by atoms with Gasteiger partial charge < -0.3 is 10.1 Å². The van der Waals surface area contributed by atoms with Crippen LogP contribution in [0.1, 0.15) is 16.8 Å². The Bertz CT molecular complexity index is 557. The molecule has 1 amide bonds. The maximum Gasteiger partial charge on any atom is 0.252 e. The molecule has 1 aromatic rings. The second-order valence-corrected chi connectivity index (χ2v) is 7.20. The summed E-state index contributed by atoms with van der Waals surface area (Å²) in [7, 11) is -1.46. The van der Waals surface area contributed by atoms with Crippen molar-refractivity contribution in [1.82, 2.24) is 5.32 Å². The lowest BCUT2D eigenvalue weighted by molar-refractivity contribution is 0.0952. The number of carbonyl (C=O) groups excluding carboxylic acids is 1. The zero-order chi connectivity index (χ0) is 14.5. The molecule has 1 aromatic carbocycles. The van der Waals surface area contributed by atoms with Gasteiger partial charge in [0.1, 0.15) is 15.6 Å². The Kier molecular flexibility index (Phi) is 5.81. The highest BCUT2D eigenvalue weighted by atomic mass is 79.9.